The number of urea groups is 1. The van der Waals surface area contributed by atoms with Crippen molar-refractivity contribution < 1.29 is 14.7 Å². The molecule has 0 aromatic carbocycles. The normalized spacial score (nSPS) is 17.6. The van der Waals surface area contributed by atoms with Crippen molar-refractivity contribution in [3.8, 4) is 0 Å². The third-order valence-electron chi connectivity index (χ3n) is 4.16. The largest absolute Gasteiger partial charge is 0.480 e. The van der Waals surface area contributed by atoms with Gasteiger partial charge in [-0.1, -0.05) is 39.5 Å². The van der Waals surface area contributed by atoms with E-state index in [0.29, 0.717) is 12.8 Å². The highest BCUT2D eigenvalue weighted by Crippen LogP contribution is 2.18. The molecule has 1 rings (SSSR count). The molecular formula is C14H26N2O3. The zero-order chi connectivity index (χ0) is 14.3. The number of hydrogen-bond donors (Lipinski definition) is 3. The van der Waals surface area contributed by atoms with E-state index >= 15 is 0 Å². The van der Waals surface area contributed by atoms with Gasteiger partial charge in [0.05, 0.1) is 0 Å². The van der Waals surface area contributed by atoms with Crippen LogP contribution in [0.2, 0.25) is 0 Å². The maximum atomic E-state index is 12.0. The molecule has 1 saturated carbocycles. The number of hydrogen-bond acceptors (Lipinski definition) is 2. The molecule has 0 aliphatic heterocycles. The smallest absolute Gasteiger partial charge is 0.329 e. The standard InChI is InChI=1S/C14H26N2O3/c1-3-14(4-2,12(17)18)16-13(19)15-11-9-7-5-6-8-10-11/h11H,3-10H2,1-2H3,(H,17,18)(H2,15,16,19). The van der Waals surface area contributed by atoms with Gasteiger partial charge in [0.1, 0.15) is 5.54 Å². The van der Waals surface area contributed by atoms with Gasteiger partial charge in [-0.2, -0.15) is 0 Å². The van der Waals surface area contributed by atoms with E-state index in [9.17, 15) is 14.7 Å². The molecule has 0 aromatic heterocycles. The molecule has 5 nitrogen and oxygen atoms in total. The third kappa shape index (κ3) is 4.40. The molecule has 19 heavy (non-hydrogen) atoms. The fourth-order valence-corrected chi connectivity index (χ4v) is 2.65. The van der Waals surface area contributed by atoms with E-state index in [1.165, 1.54) is 12.8 Å². The van der Waals surface area contributed by atoms with Gasteiger partial charge in [-0.3, -0.25) is 0 Å². The van der Waals surface area contributed by atoms with Crippen LogP contribution in [0.5, 0.6) is 0 Å². The first kappa shape index (κ1) is 15.8. The van der Waals surface area contributed by atoms with Crippen molar-refractivity contribution >= 4 is 12.0 Å². The zero-order valence-corrected chi connectivity index (χ0v) is 12.0. The zero-order valence-electron chi connectivity index (χ0n) is 12.0. The van der Waals surface area contributed by atoms with Crippen molar-refractivity contribution in [3.63, 3.8) is 0 Å². The monoisotopic (exact) mass is 270 g/mol. The Kier molecular flexibility index (Phi) is 6.12. The highest BCUT2D eigenvalue weighted by molar-refractivity contribution is 5.86. The van der Waals surface area contributed by atoms with Crippen LogP contribution in [-0.2, 0) is 4.79 Å². The molecule has 0 radical (unpaired) electrons. The number of aliphatic carboxylic acids is 1. The Labute approximate surface area is 115 Å². The molecule has 0 bridgehead atoms. The van der Waals surface area contributed by atoms with Crippen molar-refractivity contribution in [2.24, 2.45) is 0 Å². The quantitative estimate of drug-likeness (QED) is 0.672. The first-order chi connectivity index (χ1) is 9.04. The summed E-state index contributed by atoms with van der Waals surface area (Å²) >= 11 is 0. The highest BCUT2D eigenvalue weighted by Gasteiger charge is 2.36. The SMILES string of the molecule is CCC(CC)(NC(=O)NC1CCCCCC1)C(=O)O. The predicted molar refractivity (Wildman–Crippen MR) is 74.1 cm³/mol. The van der Waals surface area contributed by atoms with Gasteiger partial charge in [-0.25, -0.2) is 9.59 Å². The van der Waals surface area contributed by atoms with Crippen molar-refractivity contribution in [2.75, 3.05) is 0 Å². The van der Waals surface area contributed by atoms with Crippen LogP contribution in [0.3, 0.4) is 0 Å². The van der Waals surface area contributed by atoms with Gasteiger partial charge in [-0.15, -0.1) is 0 Å². The lowest BCUT2D eigenvalue weighted by atomic mass is 9.93. The van der Waals surface area contributed by atoms with E-state index in [1.807, 2.05) is 0 Å². The second kappa shape index (κ2) is 7.36. The Morgan fingerprint density at radius 3 is 2.05 bits per heavy atom. The Balaban J connectivity index is 2.54. The van der Waals surface area contributed by atoms with E-state index in [2.05, 4.69) is 10.6 Å². The molecule has 5 heteroatoms. The molecular weight excluding hydrogens is 244 g/mol. The van der Waals surface area contributed by atoms with Gasteiger partial charge in [-0.05, 0) is 25.7 Å². The van der Waals surface area contributed by atoms with Crippen LogP contribution in [0.15, 0.2) is 0 Å². The van der Waals surface area contributed by atoms with Crippen LogP contribution in [0.25, 0.3) is 0 Å². The molecule has 1 fully saturated rings. The minimum absolute atomic E-state index is 0.183. The number of rotatable bonds is 5. The number of carbonyl (C=O) groups excluding carboxylic acids is 1. The Morgan fingerprint density at radius 1 is 1.11 bits per heavy atom. The fraction of sp³-hybridized carbons (Fsp3) is 0.857. The number of carboxylic acids is 1. The number of amides is 2. The molecule has 110 valence electrons. The van der Waals surface area contributed by atoms with E-state index in [1.54, 1.807) is 13.8 Å². The minimum atomic E-state index is -1.14. The molecule has 1 aliphatic rings. The summed E-state index contributed by atoms with van der Waals surface area (Å²) in [5.74, 6) is -0.964. The third-order valence-corrected chi connectivity index (χ3v) is 4.16. The van der Waals surface area contributed by atoms with Crippen LogP contribution in [0.1, 0.15) is 65.2 Å². The molecule has 0 unspecified atom stereocenters. The second-order valence-corrected chi connectivity index (χ2v) is 5.38. The maximum Gasteiger partial charge on any atom is 0.329 e. The van der Waals surface area contributed by atoms with E-state index in [0.717, 1.165) is 25.7 Å². The second-order valence-electron chi connectivity index (χ2n) is 5.38. The summed E-state index contributed by atoms with van der Waals surface area (Å²) in [5.41, 5.74) is -1.14. The maximum absolute atomic E-state index is 12.0. The first-order valence-electron chi connectivity index (χ1n) is 7.36. The van der Waals surface area contributed by atoms with Crippen LogP contribution in [0, 0.1) is 0 Å². The van der Waals surface area contributed by atoms with Gasteiger partial charge in [0.25, 0.3) is 0 Å². The summed E-state index contributed by atoms with van der Waals surface area (Å²) in [6.45, 7) is 3.56. The first-order valence-corrected chi connectivity index (χ1v) is 7.36. The van der Waals surface area contributed by atoms with Crippen LogP contribution in [0.4, 0.5) is 4.79 Å². The average Bonchev–Trinajstić information content (AvgIpc) is 2.64. The number of carboxylic acid groups (broad SMARTS) is 1. The fourth-order valence-electron chi connectivity index (χ4n) is 2.65. The van der Waals surface area contributed by atoms with Crippen LogP contribution >= 0.6 is 0 Å². The van der Waals surface area contributed by atoms with E-state index in [4.69, 9.17) is 0 Å². The lowest BCUT2D eigenvalue weighted by molar-refractivity contribution is -0.144. The van der Waals surface area contributed by atoms with Gasteiger partial charge in [0.15, 0.2) is 0 Å². The molecule has 0 heterocycles. The van der Waals surface area contributed by atoms with Gasteiger partial charge in [0, 0.05) is 6.04 Å². The molecule has 1 aliphatic carbocycles. The average molecular weight is 270 g/mol. The topological polar surface area (TPSA) is 78.4 Å². The minimum Gasteiger partial charge on any atom is -0.480 e. The Bertz CT molecular complexity index is 306. The summed E-state index contributed by atoms with van der Waals surface area (Å²) in [5, 5.41) is 14.9. The summed E-state index contributed by atoms with van der Waals surface area (Å²) in [7, 11) is 0. The summed E-state index contributed by atoms with van der Waals surface area (Å²) in [4.78, 5) is 23.3. The summed E-state index contributed by atoms with van der Waals surface area (Å²) < 4.78 is 0. The number of carbonyl (C=O) groups is 2. The van der Waals surface area contributed by atoms with Crippen LogP contribution in [-0.4, -0.2) is 28.7 Å². The molecule has 0 saturated heterocycles. The molecule has 2 amide bonds. The predicted octanol–water partition coefficient (Wildman–Crippen LogP) is 2.65. The number of nitrogens with one attached hydrogen (secondary N) is 2. The molecule has 3 N–H and O–H groups in total. The van der Waals surface area contributed by atoms with Gasteiger partial charge in [0.2, 0.25) is 0 Å². The van der Waals surface area contributed by atoms with Gasteiger partial charge >= 0.3 is 12.0 Å². The molecule has 0 spiro atoms. The molecule has 0 atom stereocenters. The van der Waals surface area contributed by atoms with Crippen molar-refractivity contribution in [2.45, 2.75) is 76.8 Å². The Morgan fingerprint density at radius 2 is 1.63 bits per heavy atom. The van der Waals surface area contributed by atoms with Gasteiger partial charge < -0.3 is 15.7 Å². The van der Waals surface area contributed by atoms with Crippen molar-refractivity contribution in [1.29, 1.82) is 0 Å². The highest BCUT2D eigenvalue weighted by atomic mass is 16.4. The summed E-state index contributed by atoms with van der Waals surface area (Å²) in [6.07, 6.45) is 7.48. The van der Waals surface area contributed by atoms with Crippen molar-refractivity contribution in [1.82, 2.24) is 10.6 Å². The Hall–Kier alpha value is -1.26. The summed E-state index contributed by atoms with van der Waals surface area (Å²) in [6, 6.07) is -0.166. The molecule has 0 aromatic rings. The lowest BCUT2D eigenvalue weighted by Gasteiger charge is -2.29. The van der Waals surface area contributed by atoms with E-state index < -0.39 is 11.5 Å². The van der Waals surface area contributed by atoms with Crippen molar-refractivity contribution in [3.05, 3.63) is 0 Å². The van der Waals surface area contributed by atoms with Crippen LogP contribution < -0.4 is 10.6 Å². The lowest BCUT2D eigenvalue weighted by Crippen LogP contribution is -2.57. The van der Waals surface area contributed by atoms with E-state index in [-0.39, 0.29) is 12.1 Å².